The van der Waals surface area contributed by atoms with Crippen molar-refractivity contribution in [1.29, 1.82) is 0 Å². The molecule has 0 amide bonds. The van der Waals surface area contributed by atoms with Crippen molar-refractivity contribution in [3.63, 3.8) is 0 Å². The van der Waals surface area contributed by atoms with E-state index in [0.29, 0.717) is 6.61 Å². The fraction of sp³-hybridized carbons (Fsp3) is 0.467. The van der Waals surface area contributed by atoms with Crippen molar-refractivity contribution in [3.05, 3.63) is 48.0 Å². The van der Waals surface area contributed by atoms with Crippen LogP contribution in [0.1, 0.15) is 26.3 Å². The van der Waals surface area contributed by atoms with Crippen LogP contribution in [-0.4, -0.2) is 17.3 Å². The summed E-state index contributed by atoms with van der Waals surface area (Å²) in [6, 6.07) is 9.97. The van der Waals surface area contributed by atoms with Gasteiger partial charge in [0.1, 0.15) is 0 Å². The molecule has 0 aliphatic carbocycles. The number of aliphatic hydroxyl groups excluding tert-OH is 1. The first-order valence-corrected chi connectivity index (χ1v) is 6.01. The van der Waals surface area contributed by atoms with Crippen LogP contribution in [0.3, 0.4) is 0 Å². The van der Waals surface area contributed by atoms with Gasteiger partial charge in [-0.05, 0) is 19.4 Å². The number of hydrogen-bond acceptors (Lipinski definition) is 2. The van der Waals surface area contributed by atoms with Crippen LogP contribution in [0.2, 0.25) is 0 Å². The first-order valence-electron chi connectivity index (χ1n) is 6.01. The van der Waals surface area contributed by atoms with Crippen molar-refractivity contribution in [2.24, 2.45) is 5.92 Å². The molecule has 0 spiro atoms. The standard InChI is InChI=1S/C15H22O2/c1-11(2)12(3)15(16)13(4)17-10-14-8-6-5-7-9-14/h5-9,12-13,15-16H,1,10H2,2-4H3/t12-,13-,15-/m0/s1. The third-order valence-corrected chi connectivity index (χ3v) is 3.13. The van der Waals surface area contributed by atoms with Gasteiger partial charge in [-0.1, -0.05) is 49.4 Å². The summed E-state index contributed by atoms with van der Waals surface area (Å²) < 4.78 is 5.67. The van der Waals surface area contributed by atoms with E-state index in [1.165, 1.54) is 0 Å². The number of benzene rings is 1. The molecule has 0 radical (unpaired) electrons. The van der Waals surface area contributed by atoms with Crippen LogP contribution in [0, 0.1) is 5.92 Å². The molecule has 0 aliphatic heterocycles. The van der Waals surface area contributed by atoms with Gasteiger partial charge in [-0.3, -0.25) is 0 Å². The zero-order chi connectivity index (χ0) is 12.8. The molecule has 0 aliphatic rings. The summed E-state index contributed by atoms with van der Waals surface area (Å²) in [5.74, 6) is 0.0563. The third-order valence-electron chi connectivity index (χ3n) is 3.13. The Balaban J connectivity index is 2.44. The first-order chi connectivity index (χ1) is 8.02. The van der Waals surface area contributed by atoms with Gasteiger partial charge in [-0.2, -0.15) is 0 Å². The van der Waals surface area contributed by atoms with Crippen molar-refractivity contribution in [2.75, 3.05) is 0 Å². The summed E-state index contributed by atoms with van der Waals surface area (Å²) in [6.07, 6.45) is -0.696. The van der Waals surface area contributed by atoms with Gasteiger partial charge in [-0.25, -0.2) is 0 Å². The highest BCUT2D eigenvalue weighted by Crippen LogP contribution is 2.17. The Morgan fingerprint density at radius 2 is 1.88 bits per heavy atom. The second kappa shape index (κ2) is 6.58. The molecular weight excluding hydrogens is 212 g/mol. The van der Waals surface area contributed by atoms with Crippen LogP contribution < -0.4 is 0 Å². The fourth-order valence-electron chi connectivity index (χ4n) is 1.60. The van der Waals surface area contributed by atoms with Crippen LogP contribution in [0.5, 0.6) is 0 Å². The molecule has 94 valence electrons. The molecule has 0 fully saturated rings. The molecule has 17 heavy (non-hydrogen) atoms. The Hall–Kier alpha value is -1.12. The van der Waals surface area contributed by atoms with Crippen LogP contribution >= 0.6 is 0 Å². The first kappa shape index (κ1) is 13.9. The van der Waals surface area contributed by atoms with Crippen LogP contribution in [-0.2, 0) is 11.3 Å². The summed E-state index contributed by atoms with van der Waals surface area (Å²) in [7, 11) is 0. The molecule has 2 heteroatoms. The minimum absolute atomic E-state index is 0.0563. The zero-order valence-corrected chi connectivity index (χ0v) is 10.9. The summed E-state index contributed by atoms with van der Waals surface area (Å²) >= 11 is 0. The Kier molecular flexibility index (Phi) is 5.39. The predicted octanol–water partition coefficient (Wildman–Crippen LogP) is 3.16. The van der Waals surface area contributed by atoms with Crippen molar-refractivity contribution in [2.45, 2.75) is 39.6 Å². The largest absolute Gasteiger partial charge is 0.390 e. The van der Waals surface area contributed by atoms with Crippen molar-refractivity contribution in [3.8, 4) is 0 Å². The Morgan fingerprint density at radius 3 is 2.41 bits per heavy atom. The van der Waals surface area contributed by atoms with Gasteiger partial charge in [0.15, 0.2) is 0 Å². The quantitative estimate of drug-likeness (QED) is 0.766. The van der Waals surface area contributed by atoms with Crippen LogP contribution in [0.25, 0.3) is 0 Å². The van der Waals surface area contributed by atoms with E-state index in [1.807, 2.05) is 51.1 Å². The van der Waals surface area contributed by atoms with E-state index in [1.54, 1.807) is 0 Å². The highest BCUT2D eigenvalue weighted by molar-refractivity contribution is 5.13. The van der Waals surface area contributed by atoms with E-state index < -0.39 is 6.10 Å². The highest BCUT2D eigenvalue weighted by Gasteiger charge is 2.22. The van der Waals surface area contributed by atoms with E-state index in [2.05, 4.69) is 6.58 Å². The number of rotatable bonds is 6. The molecule has 1 rings (SSSR count). The van der Waals surface area contributed by atoms with Gasteiger partial charge in [0.05, 0.1) is 18.8 Å². The molecule has 0 saturated carbocycles. The zero-order valence-electron chi connectivity index (χ0n) is 10.9. The minimum Gasteiger partial charge on any atom is -0.390 e. The van der Waals surface area contributed by atoms with Gasteiger partial charge < -0.3 is 9.84 Å². The lowest BCUT2D eigenvalue weighted by atomic mass is 9.94. The summed E-state index contributed by atoms with van der Waals surface area (Å²) in [6.45, 7) is 10.2. The lowest BCUT2D eigenvalue weighted by Crippen LogP contribution is -2.32. The maximum atomic E-state index is 10.0. The van der Waals surface area contributed by atoms with E-state index in [4.69, 9.17) is 4.74 Å². The maximum absolute atomic E-state index is 10.0. The molecule has 0 saturated heterocycles. The van der Waals surface area contributed by atoms with E-state index in [-0.39, 0.29) is 12.0 Å². The van der Waals surface area contributed by atoms with Crippen molar-refractivity contribution in [1.82, 2.24) is 0 Å². The molecule has 1 aromatic rings. The van der Waals surface area contributed by atoms with Gasteiger partial charge in [0.25, 0.3) is 0 Å². The Morgan fingerprint density at radius 1 is 1.29 bits per heavy atom. The second-order valence-corrected chi connectivity index (χ2v) is 4.63. The lowest BCUT2D eigenvalue weighted by Gasteiger charge is -2.25. The van der Waals surface area contributed by atoms with Gasteiger partial charge in [0, 0.05) is 5.92 Å². The Labute approximate surface area is 104 Å². The molecule has 0 unspecified atom stereocenters. The van der Waals surface area contributed by atoms with E-state index >= 15 is 0 Å². The van der Waals surface area contributed by atoms with Crippen molar-refractivity contribution < 1.29 is 9.84 Å². The fourth-order valence-corrected chi connectivity index (χ4v) is 1.60. The highest BCUT2D eigenvalue weighted by atomic mass is 16.5. The third kappa shape index (κ3) is 4.33. The second-order valence-electron chi connectivity index (χ2n) is 4.63. The topological polar surface area (TPSA) is 29.5 Å². The Bertz CT molecular complexity index is 345. The smallest absolute Gasteiger partial charge is 0.0861 e. The number of ether oxygens (including phenoxy) is 1. The number of hydrogen-bond donors (Lipinski definition) is 1. The van der Waals surface area contributed by atoms with E-state index in [9.17, 15) is 5.11 Å². The molecule has 0 bridgehead atoms. The van der Waals surface area contributed by atoms with Gasteiger partial charge in [0.2, 0.25) is 0 Å². The summed E-state index contributed by atoms with van der Waals surface area (Å²) in [5, 5.41) is 10.0. The average Bonchev–Trinajstić information content (AvgIpc) is 2.35. The number of aliphatic hydroxyl groups is 1. The summed E-state index contributed by atoms with van der Waals surface area (Å²) in [5.41, 5.74) is 2.10. The molecule has 1 N–H and O–H groups in total. The lowest BCUT2D eigenvalue weighted by molar-refractivity contribution is -0.0504. The molecular formula is C15H22O2. The average molecular weight is 234 g/mol. The van der Waals surface area contributed by atoms with Crippen LogP contribution in [0.15, 0.2) is 42.5 Å². The molecule has 0 heterocycles. The molecule has 2 nitrogen and oxygen atoms in total. The van der Waals surface area contributed by atoms with Gasteiger partial charge in [-0.15, -0.1) is 0 Å². The molecule has 0 aromatic heterocycles. The van der Waals surface area contributed by atoms with Crippen molar-refractivity contribution >= 4 is 0 Å². The monoisotopic (exact) mass is 234 g/mol. The molecule has 3 atom stereocenters. The van der Waals surface area contributed by atoms with Gasteiger partial charge >= 0.3 is 0 Å². The minimum atomic E-state index is -0.504. The normalized spacial score (nSPS) is 16.2. The van der Waals surface area contributed by atoms with Crippen LogP contribution in [0.4, 0.5) is 0 Å². The summed E-state index contributed by atoms with van der Waals surface area (Å²) in [4.78, 5) is 0. The van der Waals surface area contributed by atoms with E-state index in [0.717, 1.165) is 11.1 Å². The predicted molar refractivity (Wildman–Crippen MR) is 70.7 cm³/mol. The SMILES string of the molecule is C=C(C)[C@H](C)[C@H](O)[C@H](C)OCc1ccccc1. The maximum Gasteiger partial charge on any atom is 0.0861 e. The molecule has 1 aromatic carbocycles.